The Morgan fingerprint density at radius 3 is 2.46 bits per heavy atom. The summed E-state index contributed by atoms with van der Waals surface area (Å²) in [5.41, 5.74) is 3.61. The number of rotatable bonds is 7. The van der Waals surface area contributed by atoms with Gasteiger partial charge < -0.3 is 15.7 Å². The fourth-order valence-corrected chi connectivity index (χ4v) is 2.33. The van der Waals surface area contributed by atoms with E-state index < -0.39 is 5.97 Å². The molecule has 2 rings (SSSR count). The van der Waals surface area contributed by atoms with Crippen LogP contribution in [0.3, 0.4) is 0 Å². The Kier molecular flexibility index (Phi) is 6.71. The minimum Gasteiger partial charge on any atom is -0.481 e. The first-order chi connectivity index (χ1) is 11.6. The number of carboxylic acid groups (broad SMARTS) is 1. The molecule has 8 heteroatoms. The zero-order valence-corrected chi connectivity index (χ0v) is 13.4. The van der Waals surface area contributed by atoms with E-state index in [1.165, 1.54) is 6.07 Å². The molecule has 1 aromatic rings. The van der Waals surface area contributed by atoms with Gasteiger partial charge in [-0.05, 0) is 24.6 Å². The molecule has 1 aromatic carbocycles. The highest BCUT2D eigenvalue weighted by molar-refractivity contribution is 5.99. The molecule has 0 saturated carbocycles. The number of hydrogen-bond acceptors (Lipinski definition) is 5. The van der Waals surface area contributed by atoms with Crippen LogP contribution in [-0.2, 0) is 4.79 Å². The Labute approximate surface area is 140 Å². The Morgan fingerprint density at radius 2 is 1.79 bits per heavy atom. The monoisotopic (exact) mass is 334 g/mol. The van der Waals surface area contributed by atoms with E-state index in [0.29, 0.717) is 17.5 Å². The molecule has 1 fully saturated rings. The summed E-state index contributed by atoms with van der Waals surface area (Å²) >= 11 is 0. The number of carbonyl (C=O) groups is 3. The van der Waals surface area contributed by atoms with Gasteiger partial charge in [0.2, 0.25) is 0 Å². The number of nitrogens with zero attached hydrogens (tertiary/aromatic N) is 1. The predicted octanol–water partition coefficient (Wildman–Crippen LogP) is -0.169. The lowest BCUT2D eigenvalue weighted by molar-refractivity contribution is -0.137. The second-order valence-electron chi connectivity index (χ2n) is 5.51. The lowest BCUT2D eigenvalue weighted by atomic mass is 10.1. The van der Waals surface area contributed by atoms with Crippen molar-refractivity contribution in [3.63, 3.8) is 0 Å². The minimum absolute atomic E-state index is 0.00736. The average Bonchev–Trinajstić information content (AvgIpc) is 2.59. The van der Waals surface area contributed by atoms with Crippen LogP contribution in [0, 0.1) is 0 Å². The molecule has 0 aliphatic carbocycles. The molecule has 2 amide bonds. The summed E-state index contributed by atoms with van der Waals surface area (Å²) < 4.78 is 0. The third-order valence-electron chi connectivity index (χ3n) is 3.62. The van der Waals surface area contributed by atoms with E-state index in [1.54, 1.807) is 18.2 Å². The molecule has 0 spiro atoms. The van der Waals surface area contributed by atoms with Crippen LogP contribution in [0.4, 0.5) is 0 Å². The molecule has 4 N–H and O–H groups in total. The Morgan fingerprint density at radius 1 is 1.12 bits per heavy atom. The summed E-state index contributed by atoms with van der Waals surface area (Å²) in [5.74, 6) is -1.47. The lowest BCUT2D eigenvalue weighted by Crippen LogP contribution is -2.52. The van der Waals surface area contributed by atoms with E-state index in [9.17, 15) is 14.4 Å². The van der Waals surface area contributed by atoms with Gasteiger partial charge in [0.05, 0.1) is 0 Å². The van der Waals surface area contributed by atoms with Crippen molar-refractivity contribution in [3.05, 3.63) is 35.4 Å². The number of nitrogens with one attached hydrogen (secondary N) is 3. The molecule has 130 valence electrons. The molecule has 0 unspecified atom stereocenters. The minimum atomic E-state index is -0.893. The molecular weight excluding hydrogens is 312 g/mol. The van der Waals surface area contributed by atoms with Gasteiger partial charge in [-0.3, -0.25) is 19.8 Å². The van der Waals surface area contributed by atoms with Crippen molar-refractivity contribution < 1.29 is 19.5 Å². The van der Waals surface area contributed by atoms with E-state index >= 15 is 0 Å². The second kappa shape index (κ2) is 8.99. The number of amides is 2. The largest absolute Gasteiger partial charge is 0.481 e. The van der Waals surface area contributed by atoms with E-state index in [-0.39, 0.29) is 24.8 Å². The molecular formula is C16H22N4O4. The summed E-state index contributed by atoms with van der Waals surface area (Å²) in [6.45, 7) is 3.38. The Hall–Kier alpha value is -2.45. The van der Waals surface area contributed by atoms with E-state index in [2.05, 4.69) is 16.1 Å². The number of piperazine rings is 1. The maximum Gasteiger partial charge on any atom is 0.303 e. The van der Waals surface area contributed by atoms with Crippen LogP contribution in [0.5, 0.6) is 0 Å². The van der Waals surface area contributed by atoms with Crippen LogP contribution in [0.1, 0.15) is 33.6 Å². The first-order valence-corrected chi connectivity index (χ1v) is 7.93. The highest BCUT2D eigenvalue weighted by atomic mass is 16.4. The summed E-state index contributed by atoms with van der Waals surface area (Å²) in [7, 11) is 0. The number of aliphatic carboxylic acids is 1. The third kappa shape index (κ3) is 5.64. The van der Waals surface area contributed by atoms with Crippen molar-refractivity contribution in [3.8, 4) is 0 Å². The maximum absolute atomic E-state index is 12.3. The van der Waals surface area contributed by atoms with Gasteiger partial charge in [-0.25, -0.2) is 5.01 Å². The van der Waals surface area contributed by atoms with Crippen LogP contribution < -0.4 is 16.1 Å². The fourth-order valence-electron chi connectivity index (χ4n) is 2.33. The number of hydrazine groups is 1. The van der Waals surface area contributed by atoms with Gasteiger partial charge >= 0.3 is 5.97 Å². The maximum atomic E-state index is 12.3. The fraction of sp³-hybridized carbons (Fsp3) is 0.438. The quantitative estimate of drug-likeness (QED) is 0.515. The van der Waals surface area contributed by atoms with Gasteiger partial charge in [-0.15, -0.1) is 0 Å². The third-order valence-corrected chi connectivity index (χ3v) is 3.62. The normalized spacial score (nSPS) is 14.8. The van der Waals surface area contributed by atoms with Crippen LogP contribution in [0.25, 0.3) is 0 Å². The molecule has 1 heterocycles. The zero-order chi connectivity index (χ0) is 17.4. The summed E-state index contributed by atoms with van der Waals surface area (Å²) in [4.78, 5) is 34.7. The number of carboxylic acids is 1. The molecule has 1 aliphatic heterocycles. The van der Waals surface area contributed by atoms with Crippen molar-refractivity contribution in [2.24, 2.45) is 0 Å². The SMILES string of the molecule is O=C(O)CCCNC(=O)c1cccc(C(=O)NN2CCNCC2)c1. The summed E-state index contributed by atoms with van der Waals surface area (Å²) in [6.07, 6.45) is 0.373. The van der Waals surface area contributed by atoms with E-state index in [4.69, 9.17) is 5.11 Å². The molecule has 0 aromatic heterocycles. The number of benzene rings is 1. The van der Waals surface area contributed by atoms with Crippen LogP contribution in [0.2, 0.25) is 0 Å². The summed E-state index contributed by atoms with van der Waals surface area (Å²) in [5, 5.41) is 16.3. The molecule has 1 aliphatic rings. The molecule has 1 saturated heterocycles. The van der Waals surface area contributed by atoms with Gasteiger partial charge in [0.1, 0.15) is 0 Å². The van der Waals surface area contributed by atoms with Gasteiger partial charge in [-0.1, -0.05) is 6.07 Å². The van der Waals surface area contributed by atoms with Crippen molar-refractivity contribution in [1.29, 1.82) is 0 Å². The van der Waals surface area contributed by atoms with Crippen molar-refractivity contribution >= 4 is 17.8 Å². The van der Waals surface area contributed by atoms with Gasteiger partial charge in [0, 0.05) is 50.3 Å². The average molecular weight is 334 g/mol. The lowest BCUT2D eigenvalue weighted by Gasteiger charge is -2.27. The van der Waals surface area contributed by atoms with Crippen LogP contribution >= 0.6 is 0 Å². The second-order valence-corrected chi connectivity index (χ2v) is 5.51. The molecule has 0 atom stereocenters. The Bertz CT molecular complexity index is 599. The van der Waals surface area contributed by atoms with Gasteiger partial charge in [-0.2, -0.15) is 0 Å². The predicted molar refractivity (Wildman–Crippen MR) is 87.6 cm³/mol. The first kappa shape index (κ1) is 17.9. The molecule has 8 nitrogen and oxygen atoms in total. The number of hydrogen-bond donors (Lipinski definition) is 4. The van der Waals surface area contributed by atoms with Gasteiger partial charge in [0.25, 0.3) is 11.8 Å². The van der Waals surface area contributed by atoms with Gasteiger partial charge in [0.15, 0.2) is 0 Å². The Balaban J connectivity index is 1.88. The van der Waals surface area contributed by atoms with Crippen molar-refractivity contribution in [2.45, 2.75) is 12.8 Å². The van der Waals surface area contributed by atoms with Crippen LogP contribution in [0.15, 0.2) is 24.3 Å². The highest BCUT2D eigenvalue weighted by Gasteiger charge is 2.15. The van der Waals surface area contributed by atoms with Crippen molar-refractivity contribution in [2.75, 3.05) is 32.7 Å². The molecule has 24 heavy (non-hydrogen) atoms. The zero-order valence-electron chi connectivity index (χ0n) is 13.4. The smallest absolute Gasteiger partial charge is 0.303 e. The number of carbonyl (C=O) groups excluding carboxylic acids is 2. The topological polar surface area (TPSA) is 111 Å². The van der Waals surface area contributed by atoms with Crippen LogP contribution in [-0.4, -0.2) is 60.6 Å². The molecule has 0 bridgehead atoms. The molecule has 0 radical (unpaired) electrons. The van der Waals surface area contributed by atoms with E-state index in [1.807, 2.05) is 5.01 Å². The standard InChI is InChI=1S/C16H22N4O4/c21-14(22)5-2-6-18-15(23)12-3-1-4-13(11-12)16(24)19-20-9-7-17-8-10-20/h1,3-4,11,17H,2,5-10H2,(H,18,23)(H,19,24)(H,21,22). The summed E-state index contributed by atoms with van der Waals surface area (Å²) in [6, 6.07) is 6.45. The first-order valence-electron chi connectivity index (χ1n) is 7.93. The van der Waals surface area contributed by atoms with E-state index in [0.717, 1.165) is 26.2 Å². The highest BCUT2D eigenvalue weighted by Crippen LogP contribution is 2.06. The van der Waals surface area contributed by atoms with Crippen molar-refractivity contribution in [1.82, 2.24) is 21.1 Å².